The maximum absolute atomic E-state index is 4.57. The molecular formula is C13H25N5. The molecule has 0 atom stereocenters. The fourth-order valence-corrected chi connectivity index (χ4v) is 1.41. The lowest BCUT2D eigenvalue weighted by Gasteiger charge is -2.20. The Morgan fingerprint density at radius 3 is 2.28 bits per heavy atom. The molecule has 1 aromatic rings. The number of hydrogen-bond donors (Lipinski definition) is 2. The van der Waals surface area contributed by atoms with Crippen molar-refractivity contribution in [2.75, 3.05) is 31.4 Å². The highest BCUT2D eigenvalue weighted by Crippen LogP contribution is 2.22. The third kappa shape index (κ3) is 4.49. The van der Waals surface area contributed by atoms with Crippen molar-refractivity contribution in [1.82, 2.24) is 15.0 Å². The van der Waals surface area contributed by atoms with Gasteiger partial charge in [-0.2, -0.15) is 0 Å². The van der Waals surface area contributed by atoms with Crippen molar-refractivity contribution in [1.29, 1.82) is 0 Å². The summed E-state index contributed by atoms with van der Waals surface area (Å²) in [5.41, 5.74) is 3.11. The molecule has 0 bridgehead atoms. The summed E-state index contributed by atoms with van der Waals surface area (Å²) in [7, 11) is 3.88. The lowest BCUT2D eigenvalue weighted by molar-refractivity contribution is 0.487. The molecule has 5 heteroatoms. The van der Waals surface area contributed by atoms with Gasteiger partial charge in [0.15, 0.2) is 0 Å². The maximum Gasteiger partial charge on any atom is 0.146 e. The highest BCUT2D eigenvalue weighted by Gasteiger charge is 2.19. The molecule has 18 heavy (non-hydrogen) atoms. The number of nitrogens with one attached hydrogen (secondary N) is 2. The molecule has 0 amide bonds. The van der Waals surface area contributed by atoms with Crippen LogP contribution < -0.4 is 10.7 Å². The van der Waals surface area contributed by atoms with Gasteiger partial charge in [-0.15, -0.1) is 0 Å². The molecule has 0 saturated heterocycles. The molecule has 1 heterocycles. The van der Waals surface area contributed by atoms with Crippen LogP contribution in [0.4, 0.5) is 11.6 Å². The molecule has 2 N–H and O–H groups in total. The average molecular weight is 251 g/mol. The first-order valence-corrected chi connectivity index (χ1v) is 6.40. The van der Waals surface area contributed by atoms with E-state index in [1.807, 2.05) is 25.2 Å². The predicted molar refractivity (Wildman–Crippen MR) is 76.8 cm³/mol. The van der Waals surface area contributed by atoms with Crippen molar-refractivity contribution >= 4 is 11.6 Å². The number of rotatable bonds is 5. The van der Waals surface area contributed by atoms with Crippen molar-refractivity contribution in [3.05, 3.63) is 11.9 Å². The zero-order chi connectivity index (χ0) is 13.8. The number of nitrogens with zero attached hydrogens (tertiary/aromatic N) is 3. The van der Waals surface area contributed by atoms with Gasteiger partial charge in [0, 0.05) is 32.1 Å². The lowest BCUT2D eigenvalue weighted by Crippen LogP contribution is -2.23. The van der Waals surface area contributed by atoms with Gasteiger partial charge in [0.05, 0.1) is 0 Å². The molecule has 0 saturated carbocycles. The van der Waals surface area contributed by atoms with Crippen LogP contribution in [0.15, 0.2) is 6.07 Å². The molecule has 0 radical (unpaired) electrons. The van der Waals surface area contributed by atoms with Gasteiger partial charge >= 0.3 is 0 Å². The van der Waals surface area contributed by atoms with Crippen LogP contribution in [0, 0.1) is 0 Å². The van der Waals surface area contributed by atoms with Crippen molar-refractivity contribution in [2.24, 2.45) is 0 Å². The summed E-state index contributed by atoms with van der Waals surface area (Å²) in [5.74, 6) is 2.53. The Morgan fingerprint density at radius 1 is 1.17 bits per heavy atom. The minimum atomic E-state index is -0.0628. The molecule has 1 aromatic heterocycles. The number of hydrazine groups is 1. The van der Waals surface area contributed by atoms with E-state index in [0.717, 1.165) is 30.4 Å². The first-order valence-electron chi connectivity index (χ1n) is 6.40. The normalized spacial score (nSPS) is 11.7. The molecule has 0 aliphatic heterocycles. The predicted octanol–water partition coefficient (Wildman–Crippen LogP) is 2.48. The summed E-state index contributed by atoms with van der Waals surface area (Å²) in [6, 6.07) is 1.94. The van der Waals surface area contributed by atoms with Crippen molar-refractivity contribution < 1.29 is 0 Å². The first kappa shape index (κ1) is 14.7. The van der Waals surface area contributed by atoms with Gasteiger partial charge in [0.25, 0.3) is 0 Å². The average Bonchev–Trinajstić information content (AvgIpc) is 2.24. The second-order valence-corrected chi connectivity index (χ2v) is 5.65. The minimum Gasteiger partial charge on any atom is -0.370 e. The van der Waals surface area contributed by atoms with E-state index < -0.39 is 0 Å². The first-order chi connectivity index (χ1) is 8.32. The SMILES string of the molecule is CCCNc1cc(NN(C)C)nc(C(C)(C)C)n1. The molecule has 0 unspecified atom stereocenters. The second kappa shape index (κ2) is 6.00. The van der Waals surface area contributed by atoms with Crippen LogP contribution in [0.2, 0.25) is 0 Å². The summed E-state index contributed by atoms with van der Waals surface area (Å²) in [6.07, 6.45) is 1.07. The lowest BCUT2D eigenvalue weighted by atomic mass is 9.96. The Morgan fingerprint density at radius 2 is 1.78 bits per heavy atom. The zero-order valence-electron chi connectivity index (χ0n) is 12.3. The molecule has 1 rings (SSSR count). The Hall–Kier alpha value is -1.36. The van der Waals surface area contributed by atoms with Gasteiger partial charge in [-0.05, 0) is 6.42 Å². The molecule has 0 aliphatic carbocycles. The Kier molecular flexibility index (Phi) is 4.90. The van der Waals surface area contributed by atoms with Crippen LogP contribution in [0.5, 0.6) is 0 Å². The number of anilines is 2. The summed E-state index contributed by atoms with van der Waals surface area (Å²) in [4.78, 5) is 9.12. The summed E-state index contributed by atoms with van der Waals surface area (Å²) in [6.45, 7) is 9.40. The Balaban J connectivity index is 3.03. The summed E-state index contributed by atoms with van der Waals surface area (Å²) < 4.78 is 0. The maximum atomic E-state index is 4.57. The summed E-state index contributed by atoms with van der Waals surface area (Å²) >= 11 is 0. The third-order valence-electron chi connectivity index (χ3n) is 2.29. The largest absolute Gasteiger partial charge is 0.370 e. The van der Waals surface area contributed by atoms with E-state index in [1.165, 1.54) is 0 Å². The van der Waals surface area contributed by atoms with E-state index >= 15 is 0 Å². The smallest absolute Gasteiger partial charge is 0.146 e. The van der Waals surface area contributed by atoms with Crippen LogP contribution in [0.1, 0.15) is 39.9 Å². The van der Waals surface area contributed by atoms with Gasteiger partial charge in [-0.1, -0.05) is 27.7 Å². The monoisotopic (exact) mass is 251 g/mol. The van der Waals surface area contributed by atoms with Crippen LogP contribution in [0.25, 0.3) is 0 Å². The molecule has 5 nitrogen and oxygen atoms in total. The van der Waals surface area contributed by atoms with Crippen LogP contribution in [-0.2, 0) is 5.41 Å². The van der Waals surface area contributed by atoms with E-state index in [0.29, 0.717) is 0 Å². The zero-order valence-corrected chi connectivity index (χ0v) is 12.3. The van der Waals surface area contributed by atoms with Gasteiger partial charge in [-0.25, -0.2) is 15.0 Å². The van der Waals surface area contributed by atoms with Crippen molar-refractivity contribution in [2.45, 2.75) is 39.5 Å². The van der Waals surface area contributed by atoms with Crippen LogP contribution >= 0.6 is 0 Å². The van der Waals surface area contributed by atoms with E-state index in [1.54, 1.807) is 0 Å². The van der Waals surface area contributed by atoms with Crippen LogP contribution in [0.3, 0.4) is 0 Å². The number of aromatic nitrogens is 2. The van der Waals surface area contributed by atoms with Crippen LogP contribution in [-0.4, -0.2) is 35.6 Å². The van der Waals surface area contributed by atoms with E-state index in [-0.39, 0.29) is 5.41 Å². The fraction of sp³-hybridized carbons (Fsp3) is 0.692. The van der Waals surface area contributed by atoms with E-state index in [4.69, 9.17) is 0 Å². The molecule has 0 aromatic carbocycles. The van der Waals surface area contributed by atoms with Crippen molar-refractivity contribution in [3.8, 4) is 0 Å². The molecule has 0 fully saturated rings. The second-order valence-electron chi connectivity index (χ2n) is 5.65. The molecule has 0 aliphatic rings. The van der Waals surface area contributed by atoms with Crippen molar-refractivity contribution in [3.63, 3.8) is 0 Å². The molecule has 0 spiro atoms. The van der Waals surface area contributed by atoms with Gasteiger partial charge in [-0.3, -0.25) is 0 Å². The summed E-state index contributed by atoms with van der Waals surface area (Å²) in [5, 5.41) is 5.18. The quantitative estimate of drug-likeness (QED) is 0.787. The third-order valence-corrected chi connectivity index (χ3v) is 2.29. The molecular weight excluding hydrogens is 226 g/mol. The Bertz CT molecular complexity index is 381. The highest BCUT2D eigenvalue weighted by atomic mass is 15.5. The minimum absolute atomic E-state index is 0.0628. The standard InChI is InChI=1S/C13H25N5/c1-7-8-14-10-9-11(17-18(5)6)16-12(15-10)13(2,3)4/h9H,7-8H2,1-6H3,(H2,14,15,16,17). The van der Waals surface area contributed by atoms with Gasteiger partial charge < -0.3 is 10.7 Å². The fourth-order valence-electron chi connectivity index (χ4n) is 1.41. The topological polar surface area (TPSA) is 53.1 Å². The number of hydrogen-bond acceptors (Lipinski definition) is 5. The van der Waals surface area contributed by atoms with E-state index in [2.05, 4.69) is 48.4 Å². The van der Waals surface area contributed by atoms with E-state index in [9.17, 15) is 0 Å². The molecule has 102 valence electrons. The van der Waals surface area contributed by atoms with Gasteiger partial charge in [0.2, 0.25) is 0 Å². The highest BCUT2D eigenvalue weighted by molar-refractivity contribution is 5.47. The van der Waals surface area contributed by atoms with Gasteiger partial charge in [0.1, 0.15) is 17.5 Å². The Labute approximate surface area is 110 Å².